The fraction of sp³-hybridized carbons (Fsp3) is 0.643. The molecule has 0 aromatic carbocycles. The highest BCUT2D eigenvalue weighted by molar-refractivity contribution is 5.10. The highest BCUT2D eigenvalue weighted by atomic mass is 19.3. The first-order valence-electron chi connectivity index (χ1n) is 6.70. The summed E-state index contributed by atoms with van der Waals surface area (Å²) < 4.78 is 53.9. The molecule has 120 valence electrons. The lowest BCUT2D eigenvalue weighted by molar-refractivity contribution is -0.168. The van der Waals surface area contributed by atoms with Crippen molar-refractivity contribution in [1.82, 2.24) is 10.3 Å². The summed E-state index contributed by atoms with van der Waals surface area (Å²) >= 11 is 0. The zero-order valence-corrected chi connectivity index (χ0v) is 12.1. The summed E-state index contributed by atoms with van der Waals surface area (Å²) in [6, 6.07) is 5.13. The molecule has 0 saturated heterocycles. The van der Waals surface area contributed by atoms with Crippen LogP contribution in [0.25, 0.3) is 0 Å². The smallest absolute Gasteiger partial charge is 0.330 e. The van der Waals surface area contributed by atoms with Gasteiger partial charge in [0.15, 0.2) is 0 Å². The average molecular weight is 308 g/mol. The second-order valence-corrected chi connectivity index (χ2v) is 5.20. The molecule has 0 aliphatic carbocycles. The number of pyridine rings is 1. The Hall–Kier alpha value is -1.21. The van der Waals surface area contributed by atoms with Crippen LogP contribution in [0.4, 0.5) is 17.6 Å². The fourth-order valence-corrected chi connectivity index (χ4v) is 1.55. The molecular formula is C14H20F4N2O. The van der Waals surface area contributed by atoms with Gasteiger partial charge in [-0.05, 0) is 24.6 Å². The van der Waals surface area contributed by atoms with E-state index in [2.05, 4.69) is 28.9 Å². The number of aromatic nitrogens is 1. The lowest BCUT2D eigenvalue weighted by atomic mass is 10.2. The third-order valence-electron chi connectivity index (χ3n) is 2.59. The maximum atomic E-state index is 12.7. The van der Waals surface area contributed by atoms with E-state index in [-0.39, 0.29) is 6.61 Å². The topological polar surface area (TPSA) is 34.1 Å². The summed E-state index contributed by atoms with van der Waals surface area (Å²) in [6.45, 7) is 4.01. The van der Waals surface area contributed by atoms with Crippen molar-refractivity contribution in [1.29, 1.82) is 0 Å². The predicted octanol–water partition coefficient (Wildman–Crippen LogP) is 3.24. The van der Waals surface area contributed by atoms with Gasteiger partial charge in [0, 0.05) is 6.54 Å². The number of halogens is 4. The van der Waals surface area contributed by atoms with E-state index in [1.165, 1.54) is 0 Å². The van der Waals surface area contributed by atoms with Gasteiger partial charge in [-0.2, -0.15) is 8.78 Å². The van der Waals surface area contributed by atoms with Gasteiger partial charge >= 0.3 is 12.3 Å². The number of hydrogen-bond donors (Lipinski definition) is 1. The van der Waals surface area contributed by atoms with Gasteiger partial charge in [0.05, 0.1) is 18.0 Å². The van der Waals surface area contributed by atoms with Crippen LogP contribution in [0.1, 0.15) is 25.2 Å². The number of nitrogens with one attached hydrogen (secondary N) is 1. The molecule has 0 unspecified atom stereocenters. The van der Waals surface area contributed by atoms with Crippen molar-refractivity contribution < 1.29 is 22.3 Å². The van der Waals surface area contributed by atoms with E-state index in [0.29, 0.717) is 18.2 Å². The Morgan fingerprint density at radius 3 is 2.52 bits per heavy atom. The minimum absolute atomic E-state index is 0.222. The standard InChI is InChI=1S/C14H20F4N2O/c1-10(2)6-19-7-11-4-3-5-12(20-11)8-21-9-14(17,18)13(15)16/h3-5,10,13,19H,6-9H2,1-2H3. The Balaban J connectivity index is 2.42. The number of alkyl halides is 4. The highest BCUT2D eigenvalue weighted by Gasteiger charge is 2.40. The van der Waals surface area contributed by atoms with Crippen molar-refractivity contribution in [3.63, 3.8) is 0 Å². The number of rotatable bonds is 9. The second kappa shape index (κ2) is 8.29. The minimum atomic E-state index is -4.13. The molecule has 7 heteroatoms. The summed E-state index contributed by atoms with van der Waals surface area (Å²) in [6.07, 6.45) is -3.72. The Kier molecular flexibility index (Phi) is 7.04. The lowest BCUT2D eigenvalue weighted by Crippen LogP contribution is -2.32. The Morgan fingerprint density at radius 2 is 1.90 bits per heavy atom. The zero-order chi connectivity index (χ0) is 15.9. The van der Waals surface area contributed by atoms with Crippen LogP contribution in [-0.4, -0.2) is 30.5 Å². The van der Waals surface area contributed by atoms with Gasteiger partial charge < -0.3 is 10.1 Å². The zero-order valence-electron chi connectivity index (χ0n) is 12.1. The third kappa shape index (κ3) is 6.86. The van der Waals surface area contributed by atoms with Crippen LogP contribution >= 0.6 is 0 Å². The normalized spacial score (nSPS) is 12.4. The quantitative estimate of drug-likeness (QED) is 0.711. The largest absolute Gasteiger partial charge is 0.369 e. The van der Waals surface area contributed by atoms with Crippen LogP contribution in [-0.2, 0) is 17.9 Å². The monoisotopic (exact) mass is 308 g/mol. The fourth-order valence-electron chi connectivity index (χ4n) is 1.55. The van der Waals surface area contributed by atoms with Crippen molar-refractivity contribution in [2.75, 3.05) is 13.2 Å². The van der Waals surface area contributed by atoms with Gasteiger partial charge in [-0.15, -0.1) is 0 Å². The van der Waals surface area contributed by atoms with Crippen LogP contribution in [0.2, 0.25) is 0 Å². The molecule has 3 nitrogen and oxygen atoms in total. The molecular weight excluding hydrogens is 288 g/mol. The minimum Gasteiger partial charge on any atom is -0.369 e. The van der Waals surface area contributed by atoms with Gasteiger partial charge in [0.25, 0.3) is 0 Å². The summed E-state index contributed by atoms with van der Waals surface area (Å²) in [5.41, 5.74) is 1.18. The average Bonchev–Trinajstić information content (AvgIpc) is 2.38. The Labute approximate surface area is 121 Å². The van der Waals surface area contributed by atoms with Gasteiger partial charge in [0.1, 0.15) is 6.61 Å². The molecule has 21 heavy (non-hydrogen) atoms. The Morgan fingerprint density at radius 1 is 1.24 bits per heavy atom. The van der Waals surface area contributed by atoms with Crippen LogP contribution in [0.15, 0.2) is 18.2 Å². The van der Waals surface area contributed by atoms with E-state index in [0.717, 1.165) is 12.2 Å². The summed E-state index contributed by atoms with van der Waals surface area (Å²) in [5.74, 6) is -3.62. The van der Waals surface area contributed by atoms with Gasteiger partial charge in [-0.1, -0.05) is 19.9 Å². The summed E-state index contributed by atoms with van der Waals surface area (Å²) in [7, 11) is 0. The van der Waals surface area contributed by atoms with Gasteiger partial charge in [-0.25, -0.2) is 8.78 Å². The summed E-state index contributed by atoms with van der Waals surface area (Å²) in [5, 5.41) is 3.20. The SMILES string of the molecule is CC(C)CNCc1cccc(COCC(F)(F)C(F)F)n1. The molecule has 0 aliphatic rings. The molecule has 0 fully saturated rings. The van der Waals surface area contributed by atoms with Crippen molar-refractivity contribution in [2.45, 2.75) is 39.3 Å². The van der Waals surface area contributed by atoms with Crippen LogP contribution in [0.3, 0.4) is 0 Å². The van der Waals surface area contributed by atoms with E-state index in [1.807, 2.05) is 0 Å². The highest BCUT2D eigenvalue weighted by Crippen LogP contribution is 2.23. The maximum Gasteiger partial charge on any atom is 0.330 e. The molecule has 0 radical (unpaired) electrons. The van der Waals surface area contributed by atoms with Crippen LogP contribution < -0.4 is 5.32 Å². The number of hydrogen-bond acceptors (Lipinski definition) is 3. The molecule has 0 spiro atoms. The van der Waals surface area contributed by atoms with Gasteiger partial charge in [-0.3, -0.25) is 4.98 Å². The molecule has 0 saturated carbocycles. The molecule has 0 amide bonds. The van der Waals surface area contributed by atoms with Gasteiger partial charge in [0.2, 0.25) is 0 Å². The third-order valence-corrected chi connectivity index (χ3v) is 2.59. The molecule has 1 aromatic rings. The first-order chi connectivity index (χ1) is 9.81. The van der Waals surface area contributed by atoms with Crippen molar-refractivity contribution in [2.24, 2.45) is 5.92 Å². The molecule has 0 atom stereocenters. The maximum absolute atomic E-state index is 12.7. The predicted molar refractivity (Wildman–Crippen MR) is 71.4 cm³/mol. The van der Waals surface area contributed by atoms with Crippen LogP contribution in [0, 0.1) is 5.92 Å². The molecule has 1 heterocycles. The molecule has 0 aliphatic heterocycles. The molecule has 1 rings (SSSR count). The molecule has 0 bridgehead atoms. The van der Waals surface area contributed by atoms with Crippen molar-refractivity contribution in [3.8, 4) is 0 Å². The number of nitrogens with zero attached hydrogens (tertiary/aromatic N) is 1. The van der Waals surface area contributed by atoms with Crippen molar-refractivity contribution >= 4 is 0 Å². The van der Waals surface area contributed by atoms with Crippen LogP contribution in [0.5, 0.6) is 0 Å². The summed E-state index contributed by atoms with van der Waals surface area (Å²) in [4.78, 5) is 4.21. The first kappa shape index (κ1) is 17.8. The lowest BCUT2D eigenvalue weighted by Gasteiger charge is -2.15. The van der Waals surface area contributed by atoms with E-state index in [4.69, 9.17) is 0 Å². The van der Waals surface area contributed by atoms with Crippen molar-refractivity contribution in [3.05, 3.63) is 29.6 Å². The molecule has 1 N–H and O–H groups in total. The van der Waals surface area contributed by atoms with E-state index >= 15 is 0 Å². The second-order valence-electron chi connectivity index (χ2n) is 5.20. The Bertz CT molecular complexity index is 427. The first-order valence-corrected chi connectivity index (χ1v) is 6.70. The molecule has 1 aromatic heterocycles. The van der Waals surface area contributed by atoms with E-state index in [9.17, 15) is 17.6 Å². The van der Waals surface area contributed by atoms with E-state index < -0.39 is 19.0 Å². The number of ether oxygens (including phenoxy) is 1. The van der Waals surface area contributed by atoms with E-state index in [1.54, 1.807) is 18.2 Å².